The topological polar surface area (TPSA) is 55.8 Å². The molecule has 1 aromatic rings. The second kappa shape index (κ2) is 4.62. The van der Waals surface area contributed by atoms with Gasteiger partial charge in [0.1, 0.15) is 17.9 Å². The summed E-state index contributed by atoms with van der Waals surface area (Å²) < 4.78 is 9.54. The third-order valence-corrected chi connectivity index (χ3v) is 1.78. The molecule has 0 atom stereocenters. The fourth-order valence-corrected chi connectivity index (χ4v) is 1.07. The van der Waals surface area contributed by atoms with E-state index < -0.39 is 5.97 Å². The van der Waals surface area contributed by atoms with Crippen LogP contribution in [0.2, 0.25) is 0 Å². The molecule has 75 valence electrons. The summed E-state index contributed by atoms with van der Waals surface area (Å²) in [5.41, 5.74) is 0.898. The van der Waals surface area contributed by atoms with Crippen LogP contribution >= 0.6 is 0 Å². The van der Waals surface area contributed by atoms with Crippen LogP contribution in [0.4, 0.5) is 0 Å². The summed E-state index contributed by atoms with van der Waals surface area (Å²) in [6.45, 7) is 0.934. The van der Waals surface area contributed by atoms with Gasteiger partial charge in [-0.25, -0.2) is 4.79 Å². The van der Waals surface area contributed by atoms with Crippen molar-refractivity contribution < 1.29 is 19.4 Å². The van der Waals surface area contributed by atoms with Gasteiger partial charge in [0.2, 0.25) is 0 Å². The Bertz CT molecular complexity index is 333. The highest BCUT2D eigenvalue weighted by molar-refractivity contribution is 5.92. The summed E-state index contributed by atoms with van der Waals surface area (Å²) in [5, 5.41) is 8.75. The molecular weight excluding hydrogens is 184 g/mol. The molecule has 1 aromatic carbocycles. The van der Waals surface area contributed by atoms with Crippen molar-refractivity contribution in [1.82, 2.24) is 0 Å². The van der Waals surface area contributed by atoms with Crippen molar-refractivity contribution in [2.75, 3.05) is 14.2 Å². The number of benzene rings is 1. The molecule has 4 heteroatoms. The van der Waals surface area contributed by atoms with Gasteiger partial charge < -0.3 is 14.6 Å². The lowest BCUT2D eigenvalue weighted by Crippen LogP contribution is -2.04. The molecule has 0 saturated heterocycles. The molecular formula is C10H11O4. The van der Waals surface area contributed by atoms with Gasteiger partial charge in [0, 0.05) is 0 Å². The van der Waals surface area contributed by atoms with E-state index >= 15 is 0 Å². The Morgan fingerprint density at radius 2 is 2.14 bits per heavy atom. The molecule has 0 fully saturated rings. The predicted octanol–water partition coefficient (Wildman–Crippen LogP) is 1.36. The van der Waals surface area contributed by atoms with Crippen LogP contribution in [0.1, 0.15) is 15.9 Å². The fraction of sp³-hybridized carbons (Fsp3) is 0.200. The molecule has 0 aliphatic carbocycles. The fourth-order valence-electron chi connectivity index (χ4n) is 1.07. The van der Waals surface area contributed by atoms with Crippen LogP contribution in [-0.2, 0) is 4.74 Å². The monoisotopic (exact) mass is 195 g/mol. The molecule has 4 nitrogen and oxygen atoms in total. The molecule has 1 rings (SSSR count). The number of esters is 1. The van der Waals surface area contributed by atoms with Crippen molar-refractivity contribution in [2.24, 2.45) is 0 Å². The van der Waals surface area contributed by atoms with E-state index in [9.17, 15) is 4.79 Å². The number of hydrogen-bond acceptors (Lipinski definition) is 4. The average molecular weight is 195 g/mol. The molecule has 0 bridgehead atoms. The standard InChI is InChI=1S/C10H11O4/c1-13-9-5-7(6-11)3-4-8(9)10(12)14-2/h3-6,11H,1-2H3. The van der Waals surface area contributed by atoms with Crippen molar-refractivity contribution in [3.05, 3.63) is 35.9 Å². The van der Waals surface area contributed by atoms with Crippen molar-refractivity contribution in [1.29, 1.82) is 0 Å². The minimum Gasteiger partial charge on any atom is -0.496 e. The van der Waals surface area contributed by atoms with Crippen LogP contribution in [0.3, 0.4) is 0 Å². The van der Waals surface area contributed by atoms with Crippen LogP contribution < -0.4 is 4.74 Å². The van der Waals surface area contributed by atoms with Gasteiger partial charge in [-0.2, -0.15) is 0 Å². The Morgan fingerprint density at radius 3 is 2.64 bits per heavy atom. The van der Waals surface area contributed by atoms with E-state index in [2.05, 4.69) is 4.74 Å². The van der Waals surface area contributed by atoms with Gasteiger partial charge in [-0.15, -0.1) is 0 Å². The maximum Gasteiger partial charge on any atom is 0.341 e. The van der Waals surface area contributed by atoms with Gasteiger partial charge in [-0.3, -0.25) is 0 Å². The molecule has 0 heterocycles. The Labute approximate surface area is 82.1 Å². The van der Waals surface area contributed by atoms with E-state index in [4.69, 9.17) is 9.84 Å². The summed E-state index contributed by atoms with van der Waals surface area (Å²) in [6.07, 6.45) is 0. The Hall–Kier alpha value is -1.55. The number of hydrogen-bond donors (Lipinski definition) is 1. The summed E-state index contributed by atoms with van der Waals surface area (Å²) >= 11 is 0. The zero-order valence-corrected chi connectivity index (χ0v) is 7.98. The second-order valence-corrected chi connectivity index (χ2v) is 2.58. The van der Waals surface area contributed by atoms with Gasteiger partial charge >= 0.3 is 5.97 Å². The van der Waals surface area contributed by atoms with Crippen LogP contribution in [0, 0.1) is 6.61 Å². The minimum atomic E-state index is -0.466. The molecule has 0 aliphatic heterocycles. The van der Waals surface area contributed by atoms with E-state index in [1.54, 1.807) is 12.1 Å². The van der Waals surface area contributed by atoms with Gasteiger partial charge in [0.25, 0.3) is 0 Å². The average Bonchev–Trinajstić information content (AvgIpc) is 2.27. The molecule has 0 saturated carbocycles. The maximum absolute atomic E-state index is 11.2. The molecule has 0 amide bonds. The molecule has 0 spiro atoms. The van der Waals surface area contributed by atoms with Gasteiger partial charge in [0.05, 0.1) is 14.2 Å². The summed E-state index contributed by atoms with van der Waals surface area (Å²) in [4.78, 5) is 11.2. The molecule has 1 N–H and O–H groups in total. The molecule has 1 radical (unpaired) electrons. The van der Waals surface area contributed by atoms with Gasteiger partial charge in [0.15, 0.2) is 0 Å². The summed E-state index contributed by atoms with van der Waals surface area (Å²) in [7, 11) is 2.75. The predicted molar refractivity (Wildman–Crippen MR) is 49.7 cm³/mol. The van der Waals surface area contributed by atoms with Crippen molar-refractivity contribution in [3.63, 3.8) is 0 Å². The highest BCUT2D eigenvalue weighted by atomic mass is 16.5. The first kappa shape index (κ1) is 10.5. The zero-order valence-electron chi connectivity index (χ0n) is 7.98. The quantitative estimate of drug-likeness (QED) is 0.740. The molecule has 0 unspecified atom stereocenters. The first-order valence-electron chi connectivity index (χ1n) is 3.96. The van der Waals surface area contributed by atoms with E-state index in [1.165, 1.54) is 20.3 Å². The third kappa shape index (κ3) is 2.03. The molecule has 0 aromatic heterocycles. The number of aliphatic hydroxyl groups is 1. The smallest absolute Gasteiger partial charge is 0.341 e. The molecule has 0 aliphatic rings. The van der Waals surface area contributed by atoms with E-state index in [-0.39, 0.29) is 0 Å². The number of carbonyl (C=O) groups is 1. The highest BCUT2D eigenvalue weighted by Gasteiger charge is 2.12. The highest BCUT2D eigenvalue weighted by Crippen LogP contribution is 2.21. The van der Waals surface area contributed by atoms with Crippen LogP contribution in [0.5, 0.6) is 5.75 Å². The number of carbonyl (C=O) groups excluding carboxylic acids is 1. The lowest BCUT2D eigenvalue weighted by atomic mass is 10.1. The normalized spacial score (nSPS) is 9.64. The Kier molecular flexibility index (Phi) is 3.48. The van der Waals surface area contributed by atoms with Crippen LogP contribution in [0.25, 0.3) is 0 Å². The Morgan fingerprint density at radius 1 is 1.43 bits per heavy atom. The van der Waals surface area contributed by atoms with E-state index in [0.717, 1.165) is 6.61 Å². The maximum atomic E-state index is 11.2. The lowest BCUT2D eigenvalue weighted by molar-refractivity contribution is 0.0597. The van der Waals surface area contributed by atoms with E-state index in [0.29, 0.717) is 16.9 Å². The number of rotatable bonds is 3. The number of aliphatic hydroxyl groups excluding tert-OH is 1. The first-order valence-corrected chi connectivity index (χ1v) is 3.96. The zero-order chi connectivity index (χ0) is 10.6. The number of methoxy groups -OCH3 is 2. The van der Waals surface area contributed by atoms with Gasteiger partial charge in [-0.1, -0.05) is 6.07 Å². The first-order chi connectivity index (χ1) is 6.72. The molecule has 14 heavy (non-hydrogen) atoms. The third-order valence-electron chi connectivity index (χ3n) is 1.78. The summed E-state index contributed by atoms with van der Waals surface area (Å²) in [5.74, 6) is -0.0917. The SMILES string of the molecule is COC(=O)c1ccc([CH]O)cc1OC. The Balaban J connectivity index is 3.11. The summed E-state index contributed by atoms with van der Waals surface area (Å²) in [6, 6.07) is 4.67. The van der Waals surface area contributed by atoms with Crippen molar-refractivity contribution >= 4 is 5.97 Å². The van der Waals surface area contributed by atoms with Crippen LogP contribution in [0.15, 0.2) is 18.2 Å². The van der Waals surface area contributed by atoms with Crippen LogP contribution in [-0.4, -0.2) is 25.3 Å². The second-order valence-electron chi connectivity index (χ2n) is 2.58. The van der Waals surface area contributed by atoms with Crippen molar-refractivity contribution in [2.45, 2.75) is 0 Å². The van der Waals surface area contributed by atoms with Crippen molar-refractivity contribution in [3.8, 4) is 5.75 Å². The lowest BCUT2D eigenvalue weighted by Gasteiger charge is -2.07. The largest absolute Gasteiger partial charge is 0.496 e. The minimum absolute atomic E-state index is 0.334. The van der Waals surface area contributed by atoms with Gasteiger partial charge in [-0.05, 0) is 17.7 Å². The van der Waals surface area contributed by atoms with E-state index in [1.807, 2.05) is 0 Å². The number of ether oxygens (including phenoxy) is 2.